The van der Waals surface area contributed by atoms with E-state index in [0.717, 1.165) is 29.6 Å². The van der Waals surface area contributed by atoms with E-state index in [1.165, 1.54) is 4.68 Å². The Morgan fingerprint density at radius 3 is 2.47 bits per heavy atom. The zero-order valence-corrected chi connectivity index (χ0v) is 17.1. The minimum atomic E-state index is -0.232. The van der Waals surface area contributed by atoms with Crippen LogP contribution in [-0.4, -0.2) is 51.3 Å². The van der Waals surface area contributed by atoms with E-state index in [0.29, 0.717) is 35.4 Å². The van der Waals surface area contributed by atoms with Gasteiger partial charge in [0.05, 0.1) is 5.69 Å². The van der Waals surface area contributed by atoms with Crippen LogP contribution < -0.4 is 10.9 Å². The molecule has 7 heteroatoms. The highest BCUT2D eigenvalue weighted by Gasteiger charge is 2.27. The molecular formula is C23H23N5O2. The summed E-state index contributed by atoms with van der Waals surface area (Å²) in [4.78, 5) is 28.8. The summed E-state index contributed by atoms with van der Waals surface area (Å²) in [5.74, 6) is -0.140. The van der Waals surface area contributed by atoms with E-state index < -0.39 is 0 Å². The van der Waals surface area contributed by atoms with Gasteiger partial charge in [-0.15, -0.1) is 0 Å². The number of fused-ring (bicyclic) bond motifs is 3. The largest absolute Gasteiger partial charge is 0.339 e. The molecule has 0 aliphatic carbocycles. The summed E-state index contributed by atoms with van der Waals surface area (Å²) in [7, 11) is 1.87. The second-order valence-corrected chi connectivity index (χ2v) is 7.74. The quantitative estimate of drug-likeness (QED) is 0.559. The van der Waals surface area contributed by atoms with Crippen LogP contribution in [0.3, 0.4) is 0 Å². The van der Waals surface area contributed by atoms with Crippen molar-refractivity contribution in [2.24, 2.45) is 7.05 Å². The number of amides is 1. The molecule has 0 unspecified atom stereocenters. The number of nitrogens with one attached hydrogen (secondary N) is 1. The molecule has 1 fully saturated rings. The molecule has 1 amide bonds. The molecule has 0 radical (unpaired) electrons. The van der Waals surface area contributed by atoms with Gasteiger partial charge in [-0.25, -0.2) is 0 Å². The van der Waals surface area contributed by atoms with E-state index >= 15 is 0 Å². The third kappa shape index (κ3) is 2.81. The molecule has 1 aliphatic rings. The number of rotatable bonds is 2. The first-order chi connectivity index (χ1) is 14.6. The van der Waals surface area contributed by atoms with Crippen LogP contribution in [0.1, 0.15) is 16.1 Å². The van der Waals surface area contributed by atoms with E-state index in [1.807, 2.05) is 72.0 Å². The Labute approximate surface area is 173 Å². The number of hydrogen-bond donors (Lipinski definition) is 1. The van der Waals surface area contributed by atoms with E-state index in [4.69, 9.17) is 0 Å². The van der Waals surface area contributed by atoms with Crippen LogP contribution in [0.2, 0.25) is 0 Å². The third-order valence-electron chi connectivity index (χ3n) is 5.82. The van der Waals surface area contributed by atoms with Gasteiger partial charge in [0.1, 0.15) is 5.52 Å². The number of aromatic nitrogens is 3. The Kier molecular flexibility index (Phi) is 4.40. The van der Waals surface area contributed by atoms with E-state index in [2.05, 4.69) is 10.4 Å². The number of carbonyl (C=O) groups is 1. The smallest absolute Gasteiger partial charge is 0.296 e. The summed E-state index contributed by atoms with van der Waals surface area (Å²) in [6.45, 7) is 4.74. The predicted octanol–water partition coefficient (Wildman–Crippen LogP) is 2.23. The Hall–Kier alpha value is -3.45. The molecule has 152 valence electrons. The Morgan fingerprint density at radius 2 is 1.73 bits per heavy atom. The van der Waals surface area contributed by atoms with Gasteiger partial charge < -0.3 is 14.8 Å². The number of piperazine rings is 1. The Morgan fingerprint density at radius 1 is 1.03 bits per heavy atom. The highest BCUT2D eigenvalue weighted by Crippen LogP contribution is 2.29. The zero-order chi connectivity index (χ0) is 20.8. The summed E-state index contributed by atoms with van der Waals surface area (Å²) in [5.41, 5.74) is 3.22. The standard InChI is InChI=1S/C23H23N5O2/c1-15-7-9-16(10-8-15)28-23(30)21-19(17-5-3-4-6-18(17)26(21)2)20(25-28)22(29)27-13-11-24-12-14-27/h3-10,24H,11-14H2,1-2H3. The van der Waals surface area contributed by atoms with Gasteiger partial charge >= 0.3 is 0 Å². The van der Waals surface area contributed by atoms with Crippen molar-refractivity contribution in [3.63, 3.8) is 0 Å². The topological polar surface area (TPSA) is 72.2 Å². The van der Waals surface area contributed by atoms with E-state index in [1.54, 1.807) is 0 Å². The molecule has 0 spiro atoms. The van der Waals surface area contributed by atoms with Gasteiger partial charge in [0.25, 0.3) is 11.5 Å². The SMILES string of the molecule is Cc1ccc(-n2nc(C(=O)N3CCNCC3)c3c4ccccc4n(C)c3c2=O)cc1. The van der Waals surface area contributed by atoms with Gasteiger partial charge in [-0.05, 0) is 25.1 Å². The number of para-hydroxylation sites is 1. The molecule has 4 aromatic rings. The van der Waals surface area contributed by atoms with Crippen molar-refractivity contribution in [2.45, 2.75) is 6.92 Å². The lowest BCUT2D eigenvalue weighted by Crippen LogP contribution is -2.47. The fraction of sp³-hybridized carbons (Fsp3) is 0.261. The molecule has 3 heterocycles. The molecule has 1 saturated heterocycles. The van der Waals surface area contributed by atoms with E-state index in [9.17, 15) is 9.59 Å². The van der Waals surface area contributed by atoms with Gasteiger partial charge in [-0.1, -0.05) is 35.9 Å². The van der Waals surface area contributed by atoms with Gasteiger partial charge in [0.2, 0.25) is 0 Å². The van der Waals surface area contributed by atoms with Crippen molar-refractivity contribution in [3.8, 4) is 5.69 Å². The van der Waals surface area contributed by atoms with Crippen molar-refractivity contribution < 1.29 is 4.79 Å². The molecule has 30 heavy (non-hydrogen) atoms. The predicted molar refractivity (Wildman–Crippen MR) is 117 cm³/mol. The molecule has 0 atom stereocenters. The maximum atomic E-state index is 13.5. The average molecular weight is 401 g/mol. The highest BCUT2D eigenvalue weighted by molar-refractivity contribution is 6.16. The molecule has 0 bridgehead atoms. The number of aryl methyl sites for hydroxylation is 2. The molecule has 2 aromatic carbocycles. The lowest BCUT2D eigenvalue weighted by atomic mass is 10.1. The lowest BCUT2D eigenvalue weighted by molar-refractivity contribution is 0.0730. The normalized spacial score (nSPS) is 14.5. The van der Waals surface area contributed by atoms with E-state index in [-0.39, 0.29) is 11.5 Å². The summed E-state index contributed by atoms with van der Waals surface area (Å²) >= 11 is 0. The number of benzene rings is 2. The molecule has 7 nitrogen and oxygen atoms in total. The molecule has 1 N–H and O–H groups in total. The van der Waals surface area contributed by atoms with Crippen molar-refractivity contribution in [1.82, 2.24) is 24.6 Å². The second kappa shape index (κ2) is 7.11. The first-order valence-corrected chi connectivity index (χ1v) is 10.1. The van der Waals surface area contributed by atoms with Crippen LogP contribution in [-0.2, 0) is 7.05 Å². The average Bonchev–Trinajstić information content (AvgIpc) is 3.08. The highest BCUT2D eigenvalue weighted by atomic mass is 16.2. The second-order valence-electron chi connectivity index (χ2n) is 7.74. The first-order valence-electron chi connectivity index (χ1n) is 10.1. The monoisotopic (exact) mass is 401 g/mol. The minimum Gasteiger partial charge on any atom is -0.339 e. The fourth-order valence-corrected chi connectivity index (χ4v) is 4.21. The van der Waals surface area contributed by atoms with Crippen LogP contribution in [0.25, 0.3) is 27.5 Å². The minimum absolute atomic E-state index is 0.140. The van der Waals surface area contributed by atoms with Crippen molar-refractivity contribution >= 4 is 27.7 Å². The van der Waals surface area contributed by atoms with Crippen molar-refractivity contribution in [3.05, 3.63) is 70.1 Å². The molecule has 1 aliphatic heterocycles. The maximum absolute atomic E-state index is 13.5. The van der Waals surface area contributed by atoms with Crippen molar-refractivity contribution in [1.29, 1.82) is 0 Å². The summed E-state index contributed by atoms with van der Waals surface area (Å²) < 4.78 is 3.23. The third-order valence-corrected chi connectivity index (χ3v) is 5.82. The van der Waals surface area contributed by atoms with Gasteiger partial charge in [-0.2, -0.15) is 9.78 Å². The van der Waals surface area contributed by atoms with Crippen LogP contribution in [0, 0.1) is 6.92 Å². The Balaban J connectivity index is 1.85. The van der Waals surface area contributed by atoms with Crippen molar-refractivity contribution in [2.75, 3.05) is 26.2 Å². The van der Waals surface area contributed by atoms with Gasteiger partial charge in [0, 0.05) is 49.5 Å². The van der Waals surface area contributed by atoms with Crippen LogP contribution in [0.4, 0.5) is 0 Å². The van der Waals surface area contributed by atoms with Gasteiger partial charge in [0.15, 0.2) is 5.69 Å². The lowest BCUT2D eigenvalue weighted by Gasteiger charge is -2.27. The van der Waals surface area contributed by atoms with Crippen LogP contribution in [0.5, 0.6) is 0 Å². The fourth-order valence-electron chi connectivity index (χ4n) is 4.21. The summed E-state index contributed by atoms with van der Waals surface area (Å²) in [5, 5.41) is 9.39. The molecule has 2 aromatic heterocycles. The van der Waals surface area contributed by atoms with Gasteiger partial charge in [-0.3, -0.25) is 9.59 Å². The van der Waals surface area contributed by atoms with Crippen LogP contribution in [0.15, 0.2) is 53.3 Å². The first kappa shape index (κ1) is 18.6. The molecule has 0 saturated carbocycles. The molecular weight excluding hydrogens is 378 g/mol. The number of hydrogen-bond acceptors (Lipinski definition) is 4. The maximum Gasteiger partial charge on any atom is 0.296 e. The number of carbonyl (C=O) groups excluding carboxylic acids is 1. The summed E-state index contributed by atoms with van der Waals surface area (Å²) in [6.07, 6.45) is 0. The van der Waals surface area contributed by atoms with Crippen LogP contribution >= 0.6 is 0 Å². The molecule has 5 rings (SSSR count). The summed E-state index contributed by atoms with van der Waals surface area (Å²) in [6, 6.07) is 15.4. The Bertz CT molecular complexity index is 1330. The number of nitrogens with zero attached hydrogens (tertiary/aromatic N) is 4. The zero-order valence-electron chi connectivity index (χ0n) is 17.1.